The quantitative estimate of drug-likeness (QED) is 0.891. The number of anilines is 1. The lowest BCUT2D eigenvalue weighted by Gasteiger charge is -2.31. The zero-order valence-corrected chi connectivity index (χ0v) is 15.3. The number of piperidine rings is 1. The minimum atomic E-state index is -0.0732. The Morgan fingerprint density at radius 3 is 2.54 bits per heavy atom. The third-order valence-electron chi connectivity index (χ3n) is 4.70. The van der Waals surface area contributed by atoms with E-state index in [2.05, 4.69) is 15.4 Å². The standard InChI is InChI=1S/C19H25N5O2/c1-14-3-4-17(20-11-14)22-19(26)16-5-8-23(9-6-16)18(25)7-10-24-13-15(2)12-21-24/h3-4,11-13,16H,5-10H2,1-2H3,(H,20,22,26). The topological polar surface area (TPSA) is 80.1 Å². The Hall–Kier alpha value is -2.70. The third kappa shape index (κ3) is 4.68. The van der Waals surface area contributed by atoms with Crippen molar-refractivity contribution < 1.29 is 9.59 Å². The van der Waals surface area contributed by atoms with Crippen molar-refractivity contribution in [2.24, 2.45) is 5.92 Å². The molecule has 2 amide bonds. The van der Waals surface area contributed by atoms with E-state index < -0.39 is 0 Å². The predicted octanol–water partition coefficient (Wildman–Crippen LogP) is 2.16. The first-order valence-corrected chi connectivity index (χ1v) is 9.01. The summed E-state index contributed by atoms with van der Waals surface area (Å²) in [6.45, 7) is 5.77. The fraction of sp³-hybridized carbons (Fsp3) is 0.474. The van der Waals surface area contributed by atoms with E-state index in [-0.39, 0.29) is 17.7 Å². The maximum atomic E-state index is 12.4. The molecule has 0 radical (unpaired) electrons. The average Bonchev–Trinajstić information content (AvgIpc) is 3.07. The molecule has 0 bridgehead atoms. The molecule has 7 nitrogen and oxygen atoms in total. The molecule has 0 aromatic carbocycles. The number of carbonyl (C=O) groups is 2. The van der Waals surface area contributed by atoms with Crippen LogP contribution in [0.25, 0.3) is 0 Å². The van der Waals surface area contributed by atoms with E-state index in [1.54, 1.807) is 17.1 Å². The number of aromatic nitrogens is 3. The van der Waals surface area contributed by atoms with Crippen LogP contribution in [0.5, 0.6) is 0 Å². The van der Waals surface area contributed by atoms with E-state index >= 15 is 0 Å². The first-order valence-electron chi connectivity index (χ1n) is 9.01. The normalized spacial score (nSPS) is 15.1. The van der Waals surface area contributed by atoms with Crippen molar-refractivity contribution in [1.29, 1.82) is 0 Å². The van der Waals surface area contributed by atoms with E-state index in [0.29, 0.717) is 44.7 Å². The zero-order valence-electron chi connectivity index (χ0n) is 15.3. The molecule has 0 unspecified atom stereocenters. The van der Waals surface area contributed by atoms with Gasteiger partial charge in [-0.05, 0) is 43.9 Å². The number of rotatable bonds is 5. The summed E-state index contributed by atoms with van der Waals surface area (Å²) in [5, 5.41) is 7.07. The van der Waals surface area contributed by atoms with Crippen LogP contribution >= 0.6 is 0 Å². The van der Waals surface area contributed by atoms with Gasteiger partial charge in [0.2, 0.25) is 11.8 Å². The maximum absolute atomic E-state index is 12.4. The summed E-state index contributed by atoms with van der Waals surface area (Å²) in [5.41, 5.74) is 2.15. The number of nitrogens with zero attached hydrogens (tertiary/aromatic N) is 4. The Morgan fingerprint density at radius 2 is 1.92 bits per heavy atom. The van der Waals surface area contributed by atoms with Crippen LogP contribution in [0.3, 0.4) is 0 Å². The van der Waals surface area contributed by atoms with Gasteiger partial charge in [-0.15, -0.1) is 0 Å². The lowest BCUT2D eigenvalue weighted by molar-refractivity contribution is -0.134. The van der Waals surface area contributed by atoms with Crippen LogP contribution in [0.1, 0.15) is 30.4 Å². The molecular formula is C19H25N5O2. The molecule has 1 aliphatic heterocycles. The summed E-state index contributed by atoms with van der Waals surface area (Å²) < 4.78 is 1.79. The van der Waals surface area contributed by atoms with Crippen molar-refractivity contribution in [3.05, 3.63) is 41.9 Å². The fourth-order valence-electron chi connectivity index (χ4n) is 3.12. The summed E-state index contributed by atoms with van der Waals surface area (Å²) in [5.74, 6) is 0.613. The van der Waals surface area contributed by atoms with Gasteiger partial charge in [-0.1, -0.05) is 6.07 Å². The van der Waals surface area contributed by atoms with E-state index in [1.807, 2.05) is 37.1 Å². The van der Waals surface area contributed by atoms with Crippen LogP contribution in [0.15, 0.2) is 30.7 Å². The number of hydrogen-bond acceptors (Lipinski definition) is 4. The number of aryl methyl sites for hydroxylation is 3. The summed E-state index contributed by atoms with van der Waals surface area (Å²) >= 11 is 0. The number of amides is 2. The number of carbonyl (C=O) groups excluding carboxylic acids is 2. The maximum Gasteiger partial charge on any atom is 0.228 e. The average molecular weight is 355 g/mol. The van der Waals surface area contributed by atoms with Gasteiger partial charge in [0.25, 0.3) is 0 Å². The summed E-state index contributed by atoms with van der Waals surface area (Å²) in [6, 6.07) is 3.73. The second-order valence-corrected chi connectivity index (χ2v) is 6.90. The van der Waals surface area contributed by atoms with Crippen LogP contribution in [0, 0.1) is 19.8 Å². The van der Waals surface area contributed by atoms with Crippen LogP contribution in [0.2, 0.25) is 0 Å². The van der Waals surface area contributed by atoms with Crippen LogP contribution < -0.4 is 5.32 Å². The fourth-order valence-corrected chi connectivity index (χ4v) is 3.12. The Bertz CT molecular complexity index is 760. The van der Waals surface area contributed by atoms with Crippen molar-refractivity contribution in [3.63, 3.8) is 0 Å². The highest BCUT2D eigenvalue weighted by atomic mass is 16.2. The Kier molecular flexibility index (Phi) is 5.65. The van der Waals surface area contributed by atoms with Gasteiger partial charge in [-0.25, -0.2) is 4.98 Å². The molecule has 1 aliphatic rings. The molecule has 0 saturated carbocycles. The monoisotopic (exact) mass is 355 g/mol. The SMILES string of the molecule is Cc1ccc(NC(=O)C2CCN(C(=O)CCn3cc(C)cn3)CC2)nc1. The largest absolute Gasteiger partial charge is 0.343 e. The molecular weight excluding hydrogens is 330 g/mol. The smallest absolute Gasteiger partial charge is 0.228 e. The van der Waals surface area contributed by atoms with Gasteiger partial charge in [0.1, 0.15) is 5.82 Å². The van der Waals surface area contributed by atoms with Crippen molar-refractivity contribution in [3.8, 4) is 0 Å². The second kappa shape index (κ2) is 8.12. The summed E-state index contributed by atoms with van der Waals surface area (Å²) in [4.78, 5) is 30.8. The minimum absolute atomic E-state index is 0.0135. The predicted molar refractivity (Wildman–Crippen MR) is 98.5 cm³/mol. The summed E-state index contributed by atoms with van der Waals surface area (Å²) in [6.07, 6.45) is 7.26. The van der Waals surface area contributed by atoms with Crippen molar-refractivity contribution >= 4 is 17.6 Å². The molecule has 2 aromatic rings. The lowest BCUT2D eigenvalue weighted by Crippen LogP contribution is -2.41. The van der Waals surface area contributed by atoms with Crippen LogP contribution in [0.4, 0.5) is 5.82 Å². The van der Waals surface area contributed by atoms with Crippen LogP contribution in [-0.2, 0) is 16.1 Å². The van der Waals surface area contributed by atoms with Gasteiger partial charge in [-0.2, -0.15) is 5.10 Å². The van der Waals surface area contributed by atoms with Gasteiger partial charge in [0.05, 0.1) is 6.20 Å². The number of pyridine rings is 1. The molecule has 0 spiro atoms. The number of likely N-dealkylation sites (tertiary alicyclic amines) is 1. The molecule has 1 N–H and O–H groups in total. The number of hydrogen-bond donors (Lipinski definition) is 1. The molecule has 1 saturated heterocycles. The molecule has 26 heavy (non-hydrogen) atoms. The zero-order chi connectivity index (χ0) is 18.5. The van der Waals surface area contributed by atoms with Crippen molar-refractivity contribution in [2.45, 2.75) is 39.7 Å². The molecule has 3 heterocycles. The van der Waals surface area contributed by atoms with E-state index in [4.69, 9.17) is 0 Å². The van der Waals surface area contributed by atoms with Crippen molar-refractivity contribution in [1.82, 2.24) is 19.7 Å². The molecule has 1 fully saturated rings. The van der Waals surface area contributed by atoms with E-state index in [0.717, 1.165) is 11.1 Å². The highest BCUT2D eigenvalue weighted by Gasteiger charge is 2.27. The molecule has 138 valence electrons. The molecule has 0 atom stereocenters. The Balaban J connectivity index is 1.43. The first kappa shape index (κ1) is 18.1. The Labute approximate surface area is 153 Å². The van der Waals surface area contributed by atoms with E-state index in [9.17, 15) is 9.59 Å². The van der Waals surface area contributed by atoms with E-state index in [1.165, 1.54) is 0 Å². The molecule has 2 aromatic heterocycles. The van der Waals surface area contributed by atoms with Gasteiger partial charge in [-0.3, -0.25) is 14.3 Å². The van der Waals surface area contributed by atoms with Gasteiger partial charge in [0, 0.05) is 44.4 Å². The highest BCUT2D eigenvalue weighted by molar-refractivity contribution is 5.91. The van der Waals surface area contributed by atoms with Gasteiger partial charge >= 0.3 is 0 Å². The molecule has 0 aliphatic carbocycles. The van der Waals surface area contributed by atoms with Gasteiger partial charge in [0.15, 0.2) is 0 Å². The first-order chi connectivity index (χ1) is 12.5. The highest BCUT2D eigenvalue weighted by Crippen LogP contribution is 2.20. The van der Waals surface area contributed by atoms with Crippen molar-refractivity contribution in [2.75, 3.05) is 18.4 Å². The molecule has 3 rings (SSSR count). The van der Waals surface area contributed by atoms with Crippen LogP contribution in [-0.4, -0.2) is 44.6 Å². The summed E-state index contributed by atoms with van der Waals surface area (Å²) in [7, 11) is 0. The van der Waals surface area contributed by atoms with Gasteiger partial charge < -0.3 is 10.2 Å². The lowest BCUT2D eigenvalue weighted by atomic mass is 9.95. The Morgan fingerprint density at radius 1 is 1.15 bits per heavy atom. The second-order valence-electron chi connectivity index (χ2n) is 6.90. The third-order valence-corrected chi connectivity index (χ3v) is 4.70. The number of nitrogens with one attached hydrogen (secondary N) is 1. The molecule has 7 heteroatoms. The minimum Gasteiger partial charge on any atom is -0.343 e.